The fourth-order valence-corrected chi connectivity index (χ4v) is 2.57. The van der Waals surface area contributed by atoms with Crippen LogP contribution in [0.5, 0.6) is 0 Å². The highest BCUT2D eigenvalue weighted by Gasteiger charge is 2.20. The quantitative estimate of drug-likeness (QED) is 0.727. The van der Waals surface area contributed by atoms with Gasteiger partial charge in [-0.15, -0.1) is 11.3 Å². The van der Waals surface area contributed by atoms with Gasteiger partial charge < -0.3 is 0 Å². The second-order valence-electron chi connectivity index (χ2n) is 5.04. The van der Waals surface area contributed by atoms with Crippen LogP contribution >= 0.6 is 34.5 Å². The van der Waals surface area contributed by atoms with Crippen molar-refractivity contribution in [1.29, 1.82) is 0 Å². The molecule has 0 radical (unpaired) electrons. The Morgan fingerprint density at radius 3 is 2.06 bits per heavy atom. The van der Waals surface area contributed by atoms with Crippen molar-refractivity contribution >= 4 is 34.5 Å². The lowest BCUT2D eigenvalue weighted by molar-refractivity contribution is 0.586. The van der Waals surface area contributed by atoms with E-state index < -0.39 is 0 Å². The third kappa shape index (κ3) is 2.66. The molecule has 2 rings (SSSR count). The molecule has 0 N–H and O–H groups in total. The van der Waals surface area contributed by atoms with Crippen LogP contribution in [0.2, 0.25) is 10.3 Å². The molecule has 2 aromatic rings. The highest BCUT2D eigenvalue weighted by Crippen LogP contribution is 2.30. The van der Waals surface area contributed by atoms with Crippen molar-refractivity contribution < 1.29 is 0 Å². The maximum atomic E-state index is 6.01. The largest absolute Gasteiger partial charge is 0.237 e. The van der Waals surface area contributed by atoms with E-state index in [1.165, 1.54) is 0 Å². The normalized spacial score (nSPS) is 11.9. The van der Waals surface area contributed by atoms with Crippen molar-refractivity contribution in [3.05, 3.63) is 26.3 Å². The van der Waals surface area contributed by atoms with Crippen LogP contribution in [0.1, 0.15) is 31.3 Å². The molecule has 0 fully saturated rings. The standard InChI is InChI=1S/C12H13Cl2N3S/c1-6-8(13)16-10(17-9(6)14)7-5-18-11(15-7)12(2,3)4/h5H,1-4H3. The zero-order valence-electron chi connectivity index (χ0n) is 10.6. The molecule has 0 unspecified atom stereocenters. The molecular weight excluding hydrogens is 289 g/mol. The zero-order chi connectivity index (χ0) is 13.5. The van der Waals surface area contributed by atoms with Gasteiger partial charge in [-0.25, -0.2) is 15.0 Å². The van der Waals surface area contributed by atoms with Crippen LogP contribution in [-0.4, -0.2) is 15.0 Å². The molecule has 0 spiro atoms. The van der Waals surface area contributed by atoms with E-state index in [9.17, 15) is 0 Å². The van der Waals surface area contributed by atoms with Gasteiger partial charge in [0.1, 0.15) is 16.0 Å². The number of nitrogens with zero attached hydrogens (tertiary/aromatic N) is 3. The van der Waals surface area contributed by atoms with Crippen LogP contribution in [-0.2, 0) is 5.41 Å². The van der Waals surface area contributed by atoms with Gasteiger partial charge in [-0.3, -0.25) is 0 Å². The Kier molecular flexibility index (Phi) is 3.63. The summed E-state index contributed by atoms with van der Waals surface area (Å²) in [6, 6.07) is 0. The van der Waals surface area contributed by atoms with E-state index in [4.69, 9.17) is 23.2 Å². The van der Waals surface area contributed by atoms with E-state index in [-0.39, 0.29) is 5.41 Å². The predicted octanol–water partition coefficient (Wildman–Crippen LogP) is 4.51. The van der Waals surface area contributed by atoms with Crippen molar-refractivity contribution in [2.24, 2.45) is 0 Å². The van der Waals surface area contributed by atoms with Gasteiger partial charge in [0.05, 0.1) is 5.01 Å². The van der Waals surface area contributed by atoms with Gasteiger partial charge in [0, 0.05) is 16.4 Å². The summed E-state index contributed by atoms with van der Waals surface area (Å²) < 4.78 is 0. The Balaban J connectivity index is 2.47. The Hall–Kier alpha value is -0.710. The molecule has 0 aromatic carbocycles. The van der Waals surface area contributed by atoms with E-state index in [0.29, 0.717) is 27.4 Å². The van der Waals surface area contributed by atoms with Crippen molar-refractivity contribution in [2.45, 2.75) is 33.1 Å². The molecule has 0 aliphatic rings. The first-order valence-electron chi connectivity index (χ1n) is 5.45. The van der Waals surface area contributed by atoms with Crippen LogP contribution in [0.4, 0.5) is 0 Å². The van der Waals surface area contributed by atoms with Crippen molar-refractivity contribution in [3.8, 4) is 11.5 Å². The first-order valence-corrected chi connectivity index (χ1v) is 7.08. The van der Waals surface area contributed by atoms with E-state index >= 15 is 0 Å². The minimum atomic E-state index is 0.0151. The van der Waals surface area contributed by atoms with Gasteiger partial charge in [-0.2, -0.15) is 0 Å². The molecule has 2 aromatic heterocycles. The van der Waals surface area contributed by atoms with E-state index in [2.05, 4.69) is 35.7 Å². The van der Waals surface area contributed by atoms with Gasteiger partial charge in [-0.1, -0.05) is 44.0 Å². The van der Waals surface area contributed by atoms with Gasteiger partial charge in [-0.05, 0) is 6.92 Å². The number of rotatable bonds is 1. The molecule has 0 atom stereocenters. The third-order valence-corrected chi connectivity index (χ3v) is 4.41. The smallest absolute Gasteiger partial charge is 0.181 e. The molecule has 0 aliphatic heterocycles. The molecule has 0 amide bonds. The summed E-state index contributed by atoms with van der Waals surface area (Å²) >= 11 is 13.6. The molecule has 18 heavy (non-hydrogen) atoms. The first-order chi connectivity index (χ1) is 8.29. The lowest BCUT2D eigenvalue weighted by Gasteiger charge is -2.13. The van der Waals surface area contributed by atoms with Crippen molar-refractivity contribution in [1.82, 2.24) is 15.0 Å². The van der Waals surface area contributed by atoms with Crippen LogP contribution in [0.15, 0.2) is 5.38 Å². The highest BCUT2D eigenvalue weighted by molar-refractivity contribution is 7.10. The molecule has 96 valence electrons. The van der Waals surface area contributed by atoms with E-state index in [1.54, 1.807) is 18.3 Å². The summed E-state index contributed by atoms with van der Waals surface area (Å²) in [7, 11) is 0. The topological polar surface area (TPSA) is 38.7 Å². The predicted molar refractivity (Wildman–Crippen MR) is 76.6 cm³/mol. The van der Waals surface area contributed by atoms with Crippen molar-refractivity contribution in [3.63, 3.8) is 0 Å². The number of hydrogen-bond acceptors (Lipinski definition) is 4. The minimum absolute atomic E-state index is 0.0151. The monoisotopic (exact) mass is 301 g/mol. The second kappa shape index (κ2) is 4.76. The average molecular weight is 302 g/mol. The maximum absolute atomic E-state index is 6.01. The van der Waals surface area contributed by atoms with Crippen molar-refractivity contribution in [2.75, 3.05) is 0 Å². The Morgan fingerprint density at radius 1 is 1.06 bits per heavy atom. The van der Waals surface area contributed by atoms with Gasteiger partial charge in [0.15, 0.2) is 5.82 Å². The molecule has 0 saturated heterocycles. The summed E-state index contributed by atoms with van der Waals surface area (Å²) in [6.45, 7) is 8.14. The van der Waals surface area contributed by atoms with Gasteiger partial charge >= 0.3 is 0 Å². The third-order valence-electron chi connectivity index (χ3n) is 2.40. The molecule has 2 heterocycles. The molecule has 6 heteroatoms. The Morgan fingerprint density at radius 2 is 1.61 bits per heavy atom. The van der Waals surface area contributed by atoms with Gasteiger partial charge in [0.25, 0.3) is 0 Å². The summed E-state index contributed by atoms with van der Waals surface area (Å²) in [5, 5.41) is 3.71. The fourth-order valence-electron chi connectivity index (χ4n) is 1.30. The Labute approximate surface area is 120 Å². The van der Waals surface area contributed by atoms with Crippen LogP contribution in [0.3, 0.4) is 0 Å². The van der Waals surface area contributed by atoms with Crippen LogP contribution in [0.25, 0.3) is 11.5 Å². The van der Waals surface area contributed by atoms with E-state index in [1.807, 2.05) is 5.38 Å². The number of hydrogen-bond donors (Lipinski definition) is 0. The lowest BCUT2D eigenvalue weighted by Crippen LogP contribution is -2.10. The number of halogens is 2. The average Bonchev–Trinajstić information content (AvgIpc) is 2.73. The van der Waals surface area contributed by atoms with Gasteiger partial charge in [0.2, 0.25) is 0 Å². The fraction of sp³-hybridized carbons (Fsp3) is 0.417. The molecule has 0 saturated carbocycles. The number of thiazole rings is 1. The summed E-state index contributed by atoms with van der Waals surface area (Å²) in [4.78, 5) is 13.0. The summed E-state index contributed by atoms with van der Waals surface area (Å²) in [6.07, 6.45) is 0. The summed E-state index contributed by atoms with van der Waals surface area (Å²) in [5.41, 5.74) is 1.42. The second-order valence-corrected chi connectivity index (χ2v) is 6.62. The number of aromatic nitrogens is 3. The maximum Gasteiger partial charge on any atom is 0.181 e. The first kappa shape index (κ1) is 13.7. The zero-order valence-corrected chi connectivity index (χ0v) is 12.9. The van der Waals surface area contributed by atoms with E-state index in [0.717, 1.165) is 5.01 Å². The Bertz CT molecular complexity index is 564. The lowest BCUT2D eigenvalue weighted by atomic mass is 9.98. The molecule has 0 bridgehead atoms. The SMILES string of the molecule is Cc1c(Cl)nc(-c2csc(C(C)(C)C)n2)nc1Cl. The molecular formula is C12H13Cl2N3S. The minimum Gasteiger partial charge on any atom is -0.237 e. The summed E-state index contributed by atoms with van der Waals surface area (Å²) in [5.74, 6) is 0.474. The molecule has 3 nitrogen and oxygen atoms in total. The highest BCUT2D eigenvalue weighted by atomic mass is 35.5. The molecule has 0 aliphatic carbocycles. The van der Waals surface area contributed by atoms with Crippen LogP contribution in [0, 0.1) is 6.92 Å². The van der Waals surface area contributed by atoms with Crippen LogP contribution < -0.4 is 0 Å².